The van der Waals surface area contributed by atoms with E-state index >= 15 is 0 Å². The van der Waals surface area contributed by atoms with Crippen LogP contribution in [0.15, 0.2) is 60.7 Å². The van der Waals surface area contributed by atoms with E-state index in [1.54, 1.807) is 18.2 Å². The maximum Gasteiger partial charge on any atom is 0.255 e. The second-order valence-electron chi connectivity index (χ2n) is 5.50. The van der Waals surface area contributed by atoms with E-state index in [1.165, 1.54) is 6.07 Å². The van der Waals surface area contributed by atoms with E-state index in [-0.39, 0.29) is 5.69 Å². The molecule has 0 saturated heterocycles. The second-order valence-corrected chi connectivity index (χ2v) is 5.50. The molecule has 0 fully saturated rings. The lowest BCUT2D eigenvalue weighted by atomic mass is 10.1. The molecule has 1 heterocycles. The van der Waals surface area contributed by atoms with Crippen molar-refractivity contribution >= 4 is 33.7 Å². The molecule has 0 atom stereocenters. The normalized spacial score (nSPS) is 11.0. The monoisotopic (exact) mass is 335 g/mol. The van der Waals surface area contributed by atoms with E-state index in [9.17, 15) is 13.6 Å². The van der Waals surface area contributed by atoms with Crippen molar-refractivity contribution in [3.63, 3.8) is 0 Å². The Labute approximate surface area is 141 Å². The Bertz CT molecular complexity index is 1130. The molecule has 0 spiro atoms. The highest BCUT2D eigenvalue weighted by atomic mass is 19.2. The van der Waals surface area contributed by atoms with Crippen LogP contribution >= 0.6 is 0 Å². The second kappa shape index (κ2) is 5.90. The number of hydrogen-bond donors (Lipinski definition) is 1. The van der Waals surface area contributed by atoms with E-state index in [1.807, 2.05) is 24.3 Å². The molecule has 0 radical (unpaired) electrons. The summed E-state index contributed by atoms with van der Waals surface area (Å²) in [6.07, 6.45) is 0. The Morgan fingerprint density at radius 3 is 2.16 bits per heavy atom. The maximum atomic E-state index is 13.2. The highest BCUT2D eigenvalue weighted by Gasteiger charge is 2.10. The van der Waals surface area contributed by atoms with Crippen molar-refractivity contribution in [2.75, 3.05) is 5.32 Å². The number of halogens is 2. The molecule has 0 aliphatic carbocycles. The van der Waals surface area contributed by atoms with Gasteiger partial charge in [0, 0.05) is 17.3 Å². The van der Waals surface area contributed by atoms with Gasteiger partial charge in [0.1, 0.15) is 0 Å². The zero-order valence-corrected chi connectivity index (χ0v) is 12.8. The molecule has 6 heteroatoms. The van der Waals surface area contributed by atoms with Crippen molar-refractivity contribution in [2.24, 2.45) is 0 Å². The van der Waals surface area contributed by atoms with Gasteiger partial charge in [0.2, 0.25) is 0 Å². The van der Waals surface area contributed by atoms with Crippen molar-refractivity contribution in [1.82, 2.24) is 9.97 Å². The molecule has 0 unspecified atom stereocenters. The zero-order chi connectivity index (χ0) is 17.4. The third-order valence-corrected chi connectivity index (χ3v) is 3.78. The first kappa shape index (κ1) is 15.1. The molecule has 4 nitrogen and oxygen atoms in total. The summed E-state index contributed by atoms with van der Waals surface area (Å²) in [5.74, 6) is -2.43. The molecule has 0 aliphatic rings. The first-order valence-electron chi connectivity index (χ1n) is 7.53. The van der Waals surface area contributed by atoms with E-state index in [0.29, 0.717) is 16.6 Å². The van der Waals surface area contributed by atoms with Gasteiger partial charge in [-0.05, 0) is 42.5 Å². The van der Waals surface area contributed by atoms with E-state index in [0.717, 1.165) is 23.2 Å². The fraction of sp³-hybridized carbons (Fsp3) is 0. The number of rotatable bonds is 2. The van der Waals surface area contributed by atoms with Gasteiger partial charge in [-0.2, -0.15) is 0 Å². The van der Waals surface area contributed by atoms with Gasteiger partial charge < -0.3 is 5.32 Å². The minimum absolute atomic E-state index is 0.175. The number of benzene rings is 3. The predicted octanol–water partition coefficient (Wildman–Crippen LogP) is 4.31. The van der Waals surface area contributed by atoms with Crippen LogP contribution in [0, 0.1) is 11.6 Å². The first-order chi connectivity index (χ1) is 12.1. The molecule has 4 aromatic rings. The van der Waals surface area contributed by atoms with Gasteiger partial charge in [0.05, 0.1) is 22.1 Å². The minimum Gasteiger partial charge on any atom is -0.322 e. The molecule has 1 amide bonds. The largest absolute Gasteiger partial charge is 0.322 e. The Kier molecular flexibility index (Phi) is 3.57. The third kappa shape index (κ3) is 2.89. The first-order valence-corrected chi connectivity index (χ1v) is 7.53. The van der Waals surface area contributed by atoms with Crippen LogP contribution in [0.4, 0.5) is 14.5 Å². The van der Waals surface area contributed by atoms with Crippen LogP contribution in [0.1, 0.15) is 10.4 Å². The van der Waals surface area contributed by atoms with Crippen molar-refractivity contribution in [1.29, 1.82) is 0 Å². The van der Waals surface area contributed by atoms with Crippen LogP contribution in [0.25, 0.3) is 22.1 Å². The summed E-state index contributed by atoms with van der Waals surface area (Å²) >= 11 is 0. The lowest BCUT2D eigenvalue weighted by Gasteiger charge is -2.07. The van der Waals surface area contributed by atoms with Crippen LogP contribution in [0.5, 0.6) is 0 Å². The summed E-state index contributed by atoms with van der Waals surface area (Å²) < 4.78 is 26.2. The number of hydrogen-bond acceptors (Lipinski definition) is 3. The molecule has 1 N–H and O–H groups in total. The van der Waals surface area contributed by atoms with Crippen molar-refractivity contribution in [3.05, 3.63) is 77.9 Å². The van der Waals surface area contributed by atoms with Gasteiger partial charge >= 0.3 is 0 Å². The average molecular weight is 335 g/mol. The number of nitrogens with zero attached hydrogens (tertiary/aromatic N) is 2. The number of fused-ring (bicyclic) bond motifs is 2. The molecule has 0 bridgehead atoms. The lowest BCUT2D eigenvalue weighted by molar-refractivity contribution is 0.102. The van der Waals surface area contributed by atoms with Crippen LogP contribution in [-0.4, -0.2) is 15.9 Å². The van der Waals surface area contributed by atoms with Crippen LogP contribution in [0.2, 0.25) is 0 Å². The molecule has 0 aliphatic heterocycles. The SMILES string of the molecule is O=C(Nc1ccc(F)c(F)c1)c1ccc2nc3ccccc3nc2c1. The Balaban J connectivity index is 1.69. The van der Waals surface area contributed by atoms with Crippen LogP contribution in [-0.2, 0) is 0 Å². The van der Waals surface area contributed by atoms with Gasteiger partial charge in [-0.15, -0.1) is 0 Å². The fourth-order valence-corrected chi connectivity index (χ4v) is 2.54. The number of amides is 1. The van der Waals surface area contributed by atoms with E-state index < -0.39 is 17.5 Å². The van der Waals surface area contributed by atoms with Crippen molar-refractivity contribution < 1.29 is 13.6 Å². The topological polar surface area (TPSA) is 54.9 Å². The minimum atomic E-state index is -1.02. The van der Waals surface area contributed by atoms with Gasteiger partial charge in [-0.25, -0.2) is 18.7 Å². The van der Waals surface area contributed by atoms with Gasteiger partial charge in [-0.1, -0.05) is 12.1 Å². The number of carbonyl (C=O) groups excluding carboxylic acids is 1. The fourth-order valence-electron chi connectivity index (χ4n) is 2.54. The highest BCUT2D eigenvalue weighted by Crippen LogP contribution is 2.19. The molecule has 3 aromatic carbocycles. The smallest absolute Gasteiger partial charge is 0.255 e. The summed E-state index contributed by atoms with van der Waals surface area (Å²) in [5, 5.41) is 2.53. The molecule has 25 heavy (non-hydrogen) atoms. The van der Waals surface area contributed by atoms with Gasteiger partial charge in [0.15, 0.2) is 11.6 Å². The summed E-state index contributed by atoms with van der Waals surface area (Å²) in [7, 11) is 0. The number of para-hydroxylation sites is 2. The van der Waals surface area contributed by atoms with E-state index in [4.69, 9.17) is 0 Å². The molecule has 1 aromatic heterocycles. The zero-order valence-electron chi connectivity index (χ0n) is 12.8. The number of aromatic nitrogens is 2. The van der Waals surface area contributed by atoms with Crippen molar-refractivity contribution in [2.45, 2.75) is 0 Å². The summed E-state index contributed by atoms with van der Waals surface area (Å²) in [4.78, 5) is 21.3. The molecule has 0 saturated carbocycles. The average Bonchev–Trinajstić information content (AvgIpc) is 2.62. The highest BCUT2D eigenvalue weighted by molar-refractivity contribution is 6.06. The summed E-state index contributed by atoms with van der Waals surface area (Å²) in [6, 6.07) is 15.6. The van der Waals surface area contributed by atoms with Gasteiger partial charge in [-0.3, -0.25) is 4.79 Å². The third-order valence-electron chi connectivity index (χ3n) is 3.78. The summed E-state index contributed by atoms with van der Waals surface area (Å²) in [5.41, 5.74) is 3.28. The van der Waals surface area contributed by atoms with Gasteiger partial charge in [0.25, 0.3) is 5.91 Å². The number of carbonyl (C=O) groups is 1. The standard InChI is InChI=1S/C19H11F2N3O/c20-13-7-6-12(10-14(13)21)22-19(25)11-5-8-17-18(9-11)24-16-4-2-1-3-15(16)23-17/h1-10H,(H,22,25). The number of anilines is 1. The quantitative estimate of drug-likeness (QED) is 0.555. The Morgan fingerprint density at radius 1 is 0.760 bits per heavy atom. The molecular formula is C19H11F2N3O. The van der Waals surface area contributed by atoms with Crippen LogP contribution in [0.3, 0.4) is 0 Å². The molecular weight excluding hydrogens is 324 g/mol. The summed E-state index contributed by atoms with van der Waals surface area (Å²) in [6.45, 7) is 0. The number of nitrogens with one attached hydrogen (secondary N) is 1. The van der Waals surface area contributed by atoms with Crippen molar-refractivity contribution in [3.8, 4) is 0 Å². The Morgan fingerprint density at radius 2 is 1.44 bits per heavy atom. The lowest BCUT2D eigenvalue weighted by Crippen LogP contribution is -2.12. The maximum absolute atomic E-state index is 13.2. The molecule has 4 rings (SSSR count). The Hall–Kier alpha value is -3.41. The molecule has 122 valence electrons. The van der Waals surface area contributed by atoms with Crippen LogP contribution < -0.4 is 5.32 Å². The van der Waals surface area contributed by atoms with E-state index in [2.05, 4.69) is 15.3 Å². The predicted molar refractivity (Wildman–Crippen MR) is 91.4 cm³/mol.